The monoisotopic (exact) mass is 476 g/mol. The van der Waals surface area contributed by atoms with Gasteiger partial charge in [-0.05, 0) is 83.7 Å². The summed E-state index contributed by atoms with van der Waals surface area (Å²) in [5.74, 6) is 0.433. The van der Waals surface area contributed by atoms with Gasteiger partial charge >= 0.3 is 0 Å². The van der Waals surface area contributed by atoms with Gasteiger partial charge in [-0.3, -0.25) is 4.39 Å². The third-order valence-corrected chi connectivity index (χ3v) is 8.16. The van der Waals surface area contributed by atoms with E-state index in [1.807, 2.05) is 6.92 Å². The van der Waals surface area contributed by atoms with Gasteiger partial charge in [-0.1, -0.05) is 54.0 Å². The lowest BCUT2D eigenvalue weighted by Gasteiger charge is -2.29. The molecule has 184 valence electrons. The van der Waals surface area contributed by atoms with Crippen LogP contribution in [0.5, 0.6) is 0 Å². The van der Waals surface area contributed by atoms with E-state index < -0.39 is 10.0 Å². The highest BCUT2D eigenvalue weighted by molar-refractivity contribution is 7.89. The van der Waals surface area contributed by atoms with Gasteiger partial charge in [0.05, 0.1) is 6.67 Å². The van der Waals surface area contributed by atoms with Crippen LogP contribution in [0.15, 0.2) is 29.2 Å². The highest BCUT2D eigenvalue weighted by atomic mass is 32.2. The summed E-state index contributed by atoms with van der Waals surface area (Å²) in [7, 11) is -3.86. The second kappa shape index (κ2) is 9.18. The molecule has 2 N–H and O–H groups in total. The van der Waals surface area contributed by atoms with Crippen molar-refractivity contribution in [2.24, 2.45) is 17.0 Å². The first-order valence-corrected chi connectivity index (χ1v) is 13.6. The minimum atomic E-state index is -3.86. The fraction of sp³-hybridized carbons (Fsp3) is 0.630. The van der Waals surface area contributed by atoms with Gasteiger partial charge in [0.15, 0.2) is 0 Å². The summed E-state index contributed by atoms with van der Waals surface area (Å²) >= 11 is 0. The van der Waals surface area contributed by atoms with E-state index >= 15 is 0 Å². The van der Waals surface area contributed by atoms with Crippen molar-refractivity contribution in [3.63, 3.8) is 0 Å². The number of primary sulfonamides is 1. The largest absolute Gasteiger partial charge is 0.343 e. The van der Waals surface area contributed by atoms with Crippen molar-refractivity contribution >= 4 is 10.0 Å². The number of nitrogens with zero attached hydrogens (tertiary/aromatic N) is 1. The second-order valence-electron chi connectivity index (χ2n) is 12.0. The van der Waals surface area contributed by atoms with Crippen molar-refractivity contribution in [1.82, 2.24) is 4.57 Å². The van der Waals surface area contributed by atoms with Gasteiger partial charge in [-0.2, -0.15) is 0 Å². The number of rotatable bonds is 5. The van der Waals surface area contributed by atoms with E-state index in [1.165, 1.54) is 11.1 Å². The summed E-state index contributed by atoms with van der Waals surface area (Å²) < 4.78 is 40.3. The van der Waals surface area contributed by atoms with Crippen LogP contribution in [0.1, 0.15) is 84.0 Å². The third-order valence-electron chi connectivity index (χ3n) is 7.14. The number of aromatic nitrogens is 1. The van der Waals surface area contributed by atoms with E-state index in [0.29, 0.717) is 18.2 Å². The Kier molecular flexibility index (Phi) is 7.22. The Labute approximate surface area is 199 Å². The van der Waals surface area contributed by atoms with E-state index in [4.69, 9.17) is 5.14 Å². The average Bonchev–Trinajstić information content (AvgIpc) is 3.03. The molecule has 2 atom stereocenters. The fourth-order valence-electron chi connectivity index (χ4n) is 4.99. The van der Waals surface area contributed by atoms with Crippen LogP contribution in [0.25, 0.3) is 11.3 Å². The molecule has 0 saturated heterocycles. The maximum atomic E-state index is 13.4. The van der Waals surface area contributed by atoms with Crippen LogP contribution in [-0.2, 0) is 27.4 Å². The molecule has 0 amide bonds. The summed E-state index contributed by atoms with van der Waals surface area (Å²) in [5.41, 5.74) is 4.85. The minimum absolute atomic E-state index is 0.0526. The maximum absolute atomic E-state index is 13.4. The molecule has 1 aliphatic carbocycles. The van der Waals surface area contributed by atoms with Crippen molar-refractivity contribution < 1.29 is 12.8 Å². The van der Waals surface area contributed by atoms with Gasteiger partial charge in [0.1, 0.15) is 4.90 Å². The van der Waals surface area contributed by atoms with Gasteiger partial charge in [-0.25, -0.2) is 13.6 Å². The average molecular weight is 477 g/mol. The molecule has 2 unspecified atom stereocenters. The number of sulfonamides is 1. The first-order chi connectivity index (χ1) is 15.1. The highest BCUT2D eigenvalue weighted by Gasteiger charge is 2.28. The van der Waals surface area contributed by atoms with E-state index in [-0.39, 0.29) is 28.3 Å². The Morgan fingerprint density at radius 2 is 1.52 bits per heavy atom. The maximum Gasteiger partial charge on any atom is 0.239 e. The van der Waals surface area contributed by atoms with Gasteiger partial charge in [-0.15, -0.1) is 0 Å². The van der Waals surface area contributed by atoms with Crippen LogP contribution < -0.4 is 5.14 Å². The first-order valence-electron chi connectivity index (χ1n) is 12.1. The lowest BCUT2D eigenvalue weighted by Crippen LogP contribution is -2.22. The molecule has 1 aromatic carbocycles. The Morgan fingerprint density at radius 3 is 2.00 bits per heavy atom. The highest BCUT2D eigenvalue weighted by Crippen LogP contribution is 2.38. The minimum Gasteiger partial charge on any atom is -0.343 e. The smallest absolute Gasteiger partial charge is 0.239 e. The zero-order valence-electron chi connectivity index (χ0n) is 21.3. The molecule has 2 aromatic rings. The van der Waals surface area contributed by atoms with E-state index in [1.54, 1.807) is 6.07 Å². The molecule has 33 heavy (non-hydrogen) atoms. The quantitative estimate of drug-likeness (QED) is 0.536. The lowest BCUT2D eigenvalue weighted by molar-refractivity contribution is 0.207. The van der Waals surface area contributed by atoms with Crippen molar-refractivity contribution in [2.45, 2.75) is 96.4 Å². The van der Waals surface area contributed by atoms with Gasteiger partial charge in [0.2, 0.25) is 10.0 Å². The van der Waals surface area contributed by atoms with Crippen molar-refractivity contribution in [1.29, 1.82) is 0 Å². The number of halogens is 1. The predicted molar refractivity (Wildman–Crippen MR) is 135 cm³/mol. The Bertz CT molecular complexity index is 1070. The molecule has 0 radical (unpaired) electrons. The summed E-state index contributed by atoms with van der Waals surface area (Å²) in [6, 6.07) is 8.35. The second-order valence-corrected chi connectivity index (χ2v) is 13.5. The van der Waals surface area contributed by atoms with Crippen LogP contribution in [-0.4, -0.2) is 19.7 Å². The molecule has 0 aliphatic heterocycles. The lowest BCUT2D eigenvalue weighted by atomic mass is 9.79. The van der Waals surface area contributed by atoms with E-state index in [2.05, 4.69) is 64.3 Å². The number of alkyl halides is 1. The molecule has 4 nitrogen and oxygen atoms in total. The predicted octanol–water partition coefficient (Wildman–Crippen LogP) is 6.48. The number of hydrogen-bond acceptors (Lipinski definition) is 2. The SMILES string of the molecule is Cc1c(S(N)(=O)=O)cc(-c2cc(C(C)(C)C)cc(C(C)(C)C)c2)n1CC1CCCC(CF)C1. The molecule has 1 heterocycles. The number of benzene rings is 1. The van der Waals surface area contributed by atoms with E-state index in [9.17, 15) is 12.8 Å². The van der Waals surface area contributed by atoms with E-state index in [0.717, 1.165) is 36.9 Å². The Hall–Kier alpha value is -1.66. The molecule has 3 rings (SSSR count). The van der Waals surface area contributed by atoms with Crippen LogP contribution in [0.2, 0.25) is 0 Å². The zero-order chi connectivity index (χ0) is 24.8. The van der Waals surface area contributed by atoms with Gasteiger partial charge < -0.3 is 4.57 Å². The van der Waals surface area contributed by atoms with Crippen LogP contribution >= 0.6 is 0 Å². The van der Waals surface area contributed by atoms with Gasteiger partial charge in [0, 0.05) is 17.9 Å². The molecule has 1 aliphatic rings. The molecule has 1 saturated carbocycles. The molecule has 1 aromatic heterocycles. The summed E-state index contributed by atoms with van der Waals surface area (Å²) in [4.78, 5) is 0.175. The number of nitrogens with two attached hydrogens (primary N) is 1. The van der Waals surface area contributed by atoms with Gasteiger partial charge in [0.25, 0.3) is 0 Å². The van der Waals surface area contributed by atoms with Crippen LogP contribution in [0, 0.1) is 18.8 Å². The van der Waals surface area contributed by atoms with Crippen LogP contribution in [0.4, 0.5) is 4.39 Å². The normalized spacial score (nSPS) is 20.3. The molecule has 0 spiro atoms. The zero-order valence-corrected chi connectivity index (χ0v) is 22.2. The number of hydrogen-bond donors (Lipinski definition) is 1. The molecule has 0 bridgehead atoms. The molecular formula is C27H41FN2O2S. The molecular weight excluding hydrogens is 435 g/mol. The summed E-state index contributed by atoms with van der Waals surface area (Å²) in [5, 5.41) is 5.60. The van der Waals surface area contributed by atoms with Crippen LogP contribution in [0.3, 0.4) is 0 Å². The molecule has 1 fully saturated rings. The summed E-state index contributed by atoms with van der Waals surface area (Å²) in [6.07, 6.45) is 3.83. The Balaban J connectivity index is 2.20. The topological polar surface area (TPSA) is 65.1 Å². The standard InChI is InChI=1S/C27H41FN2O2S/c1-18-25(33(29,31)32)15-24(30(18)17-20-10-8-9-19(11-20)16-28)21-12-22(26(2,3)4)14-23(13-21)27(5,6)7/h12-15,19-20H,8-11,16-17H2,1-7H3,(H2,29,31,32). The van der Waals surface area contributed by atoms with Crippen molar-refractivity contribution in [3.8, 4) is 11.3 Å². The molecule has 6 heteroatoms. The fourth-order valence-corrected chi connectivity index (χ4v) is 5.79. The first kappa shape index (κ1) is 26.0. The summed E-state index contributed by atoms with van der Waals surface area (Å²) in [6.45, 7) is 15.4. The Morgan fingerprint density at radius 1 is 0.970 bits per heavy atom. The van der Waals surface area contributed by atoms with Crippen molar-refractivity contribution in [2.75, 3.05) is 6.67 Å². The third kappa shape index (κ3) is 5.89. The van der Waals surface area contributed by atoms with Crippen molar-refractivity contribution in [3.05, 3.63) is 41.1 Å².